The van der Waals surface area contributed by atoms with Gasteiger partial charge in [-0.3, -0.25) is 0 Å². The summed E-state index contributed by atoms with van der Waals surface area (Å²) in [5.41, 5.74) is 1.78. The molecule has 13 heavy (non-hydrogen) atoms. The SMILES string of the molecule is CC(O)C1CNc2cccc(O)c21. The van der Waals surface area contributed by atoms with E-state index >= 15 is 0 Å². The van der Waals surface area contributed by atoms with Crippen LogP contribution in [0.3, 0.4) is 0 Å². The number of nitrogens with one attached hydrogen (secondary N) is 1. The van der Waals surface area contributed by atoms with Gasteiger partial charge in [0.2, 0.25) is 0 Å². The molecule has 0 spiro atoms. The summed E-state index contributed by atoms with van der Waals surface area (Å²) in [5, 5.41) is 22.2. The van der Waals surface area contributed by atoms with Gasteiger partial charge in [0, 0.05) is 23.7 Å². The predicted molar refractivity (Wildman–Crippen MR) is 51.0 cm³/mol. The van der Waals surface area contributed by atoms with Gasteiger partial charge in [0.1, 0.15) is 5.75 Å². The van der Waals surface area contributed by atoms with Crippen LogP contribution in [0.2, 0.25) is 0 Å². The van der Waals surface area contributed by atoms with Crippen LogP contribution in [-0.4, -0.2) is 22.9 Å². The topological polar surface area (TPSA) is 52.5 Å². The summed E-state index contributed by atoms with van der Waals surface area (Å²) in [5.74, 6) is 0.282. The first kappa shape index (κ1) is 8.38. The third kappa shape index (κ3) is 1.25. The van der Waals surface area contributed by atoms with Crippen LogP contribution in [0.25, 0.3) is 0 Å². The van der Waals surface area contributed by atoms with Crippen LogP contribution < -0.4 is 5.32 Å². The van der Waals surface area contributed by atoms with Crippen LogP contribution in [-0.2, 0) is 0 Å². The Morgan fingerprint density at radius 2 is 2.31 bits per heavy atom. The first-order chi connectivity index (χ1) is 6.20. The van der Waals surface area contributed by atoms with E-state index in [1.807, 2.05) is 6.07 Å². The highest BCUT2D eigenvalue weighted by Crippen LogP contribution is 2.39. The molecule has 2 atom stereocenters. The number of aromatic hydroxyl groups is 1. The Kier molecular flexibility index (Phi) is 1.88. The summed E-state index contributed by atoms with van der Waals surface area (Å²) in [6, 6.07) is 5.37. The number of hydrogen-bond acceptors (Lipinski definition) is 3. The van der Waals surface area contributed by atoms with Gasteiger partial charge < -0.3 is 15.5 Å². The summed E-state index contributed by atoms with van der Waals surface area (Å²) in [6.07, 6.45) is -0.429. The molecule has 0 saturated heterocycles. The largest absolute Gasteiger partial charge is 0.508 e. The molecule has 0 bridgehead atoms. The number of fused-ring (bicyclic) bond motifs is 1. The number of aliphatic hydroxyl groups excluding tert-OH is 1. The lowest BCUT2D eigenvalue weighted by Gasteiger charge is -2.13. The first-order valence-corrected chi connectivity index (χ1v) is 4.44. The van der Waals surface area contributed by atoms with Gasteiger partial charge in [-0.1, -0.05) is 6.07 Å². The molecule has 0 aromatic heterocycles. The Hall–Kier alpha value is -1.22. The molecule has 0 fully saturated rings. The lowest BCUT2D eigenvalue weighted by molar-refractivity contribution is 0.168. The van der Waals surface area contributed by atoms with E-state index < -0.39 is 6.10 Å². The van der Waals surface area contributed by atoms with Gasteiger partial charge in [-0.15, -0.1) is 0 Å². The van der Waals surface area contributed by atoms with Crippen molar-refractivity contribution in [3.8, 4) is 5.75 Å². The van der Waals surface area contributed by atoms with Crippen LogP contribution in [0.5, 0.6) is 5.75 Å². The fourth-order valence-electron chi connectivity index (χ4n) is 1.83. The summed E-state index contributed by atoms with van der Waals surface area (Å²) in [7, 11) is 0. The van der Waals surface area contributed by atoms with Crippen LogP contribution in [0.4, 0.5) is 5.69 Å². The van der Waals surface area contributed by atoms with E-state index in [9.17, 15) is 10.2 Å². The van der Waals surface area contributed by atoms with Crippen LogP contribution in [0.15, 0.2) is 18.2 Å². The van der Waals surface area contributed by atoms with E-state index in [-0.39, 0.29) is 11.7 Å². The van der Waals surface area contributed by atoms with Crippen LogP contribution >= 0.6 is 0 Å². The number of benzene rings is 1. The number of rotatable bonds is 1. The third-order valence-corrected chi connectivity index (χ3v) is 2.55. The fraction of sp³-hybridized carbons (Fsp3) is 0.400. The van der Waals surface area contributed by atoms with Gasteiger partial charge in [-0.25, -0.2) is 0 Å². The number of anilines is 1. The molecule has 3 heteroatoms. The second-order valence-corrected chi connectivity index (χ2v) is 3.47. The number of phenolic OH excluding ortho intramolecular Hbond substituents is 1. The normalized spacial score (nSPS) is 22.2. The van der Waals surface area contributed by atoms with Gasteiger partial charge >= 0.3 is 0 Å². The zero-order valence-electron chi connectivity index (χ0n) is 7.49. The minimum absolute atomic E-state index is 0.0104. The summed E-state index contributed by atoms with van der Waals surface area (Å²) in [4.78, 5) is 0. The molecule has 0 radical (unpaired) electrons. The number of aliphatic hydroxyl groups is 1. The third-order valence-electron chi connectivity index (χ3n) is 2.55. The molecule has 2 unspecified atom stereocenters. The molecule has 1 aromatic carbocycles. The van der Waals surface area contributed by atoms with Crippen molar-refractivity contribution in [3.05, 3.63) is 23.8 Å². The maximum atomic E-state index is 9.60. The Morgan fingerprint density at radius 1 is 1.54 bits per heavy atom. The number of phenols is 1. The van der Waals surface area contributed by atoms with Gasteiger partial charge in [0.15, 0.2) is 0 Å². The summed E-state index contributed by atoms with van der Waals surface area (Å²) in [6.45, 7) is 2.44. The molecular weight excluding hydrogens is 166 g/mol. The molecule has 3 N–H and O–H groups in total. The second kappa shape index (κ2) is 2.92. The average molecular weight is 179 g/mol. The Bertz CT molecular complexity index is 323. The van der Waals surface area contributed by atoms with Gasteiger partial charge in [-0.2, -0.15) is 0 Å². The minimum Gasteiger partial charge on any atom is -0.508 e. The lowest BCUT2D eigenvalue weighted by atomic mass is 9.96. The smallest absolute Gasteiger partial charge is 0.121 e. The molecule has 1 aliphatic heterocycles. The van der Waals surface area contributed by atoms with E-state index in [4.69, 9.17) is 0 Å². The molecule has 1 heterocycles. The Balaban J connectivity index is 2.46. The summed E-state index contributed by atoms with van der Waals surface area (Å²) >= 11 is 0. The van der Waals surface area contributed by atoms with Crippen molar-refractivity contribution >= 4 is 5.69 Å². The second-order valence-electron chi connectivity index (χ2n) is 3.47. The van der Waals surface area contributed by atoms with Crippen molar-refractivity contribution in [2.45, 2.75) is 18.9 Å². The first-order valence-electron chi connectivity index (χ1n) is 4.44. The van der Waals surface area contributed by atoms with Gasteiger partial charge in [-0.05, 0) is 19.1 Å². The molecule has 1 aromatic rings. The van der Waals surface area contributed by atoms with E-state index in [1.165, 1.54) is 0 Å². The molecule has 0 saturated carbocycles. The van der Waals surface area contributed by atoms with Crippen molar-refractivity contribution in [2.75, 3.05) is 11.9 Å². The van der Waals surface area contributed by atoms with Crippen molar-refractivity contribution < 1.29 is 10.2 Å². The molecule has 0 aliphatic carbocycles. The Labute approximate surface area is 77.0 Å². The van der Waals surface area contributed by atoms with E-state index in [1.54, 1.807) is 19.1 Å². The van der Waals surface area contributed by atoms with Crippen molar-refractivity contribution in [1.82, 2.24) is 0 Å². The minimum atomic E-state index is -0.429. The molecular formula is C10H13NO2. The lowest BCUT2D eigenvalue weighted by Crippen LogP contribution is -2.16. The fourth-order valence-corrected chi connectivity index (χ4v) is 1.83. The number of hydrogen-bond donors (Lipinski definition) is 3. The van der Waals surface area contributed by atoms with Crippen molar-refractivity contribution in [2.24, 2.45) is 0 Å². The molecule has 70 valence electrons. The molecule has 1 aliphatic rings. The summed E-state index contributed by atoms with van der Waals surface area (Å²) < 4.78 is 0. The quantitative estimate of drug-likeness (QED) is 0.608. The van der Waals surface area contributed by atoms with E-state index in [2.05, 4.69) is 5.32 Å². The Morgan fingerprint density at radius 3 is 3.00 bits per heavy atom. The zero-order valence-corrected chi connectivity index (χ0v) is 7.49. The van der Waals surface area contributed by atoms with Crippen molar-refractivity contribution in [1.29, 1.82) is 0 Å². The highest BCUT2D eigenvalue weighted by Gasteiger charge is 2.28. The highest BCUT2D eigenvalue weighted by atomic mass is 16.3. The van der Waals surface area contributed by atoms with E-state index in [0.29, 0.717) is 6.54 Å². The maximum Gasteiger partial charge on any atom is 0.121 e. The molecule has 2 rings (SSSR count). The molecule has 0 amide bonds. The molecule has 3 nitrogen and oxygen atoms in total. The van der Waals surface area contributed by atoms with Gasteiger partial charge in [0.05, 0.1) is 6.10 Å². The zero-order chi connectivity index (χ0) is 9.42. The van der Waals surface area contributed by atoms with Crippen molar-refractivity contribution in [3.63, 3.8) is 0 Å². The monoisotopic (exact) mass is 179 g/mol. The highest BCUT2D eigenvalue weighted by molar-refractivity contribution is 5.63. The average Bonchev–Trinajstić information content (AvgIpc) is 2.49. The standard InChI is InChI=1S/C10H13NO2/c1-6(12)7-5-11-8-3-2-4-9(13)10(7)8/h2-4,6-7,11-13H,5H2,1H3. The maximum absolute atomic E-state index is 9.60. The predicted octanol–water partition coefficient (Wildman–Crippen LogP) is 1.28. The van der Waals surface area contributed by atoms with Crippen LogP contribution in [0.1, 0.15) is 18.4 Å². The van der Waals surface area contributed by atoms with E-state index in [0.717, 1.165) is 11.3 Å². The van der Waals surface area contributed by atoms with Crippen LogP contribution in [0, 0.1) is 0 Å². The van der Waals surface area contributed by atoms with Gasteiger partial charge in [0.25, 0.3) is 0 Å².